The molecular formula is C21H36N4O3. The summed E-state index contributed by atoms with van der Waals surface area (Å²) < 4.78 is 16.5. The van der Waals surface area contributed by atoms with Crippen LogP contribution in [0.25, 0.3) is 0 Å². The van der Waals surface area contributed by atoms with Gasteiger partial charge in [-0.05, 0) is 31.4 Å². The lowest BCUT2D eigenvalue weighted by Crippen LogP contribution is -2.50. The molecule has 1 saturated heterocycles. The van der Waals surface area contributed by atoms with Crippen LogP contribution in [-0.4, -0.2) is 70.5 Å². The molecule has 0 saturated carbocycles. The Bertz CT molecular complexity index is 616. The van der Waals surface area contributed by atoms with E-state index in [0.29, 0.717) is 18.6 Å². The van der Waals surface area contributed by atoms with E-state index in [-0.39, 0.29) is 0 Å². The van der Waals surface area contributed by atoms with Crippen molar-refractivity contribution in [2.45, 2.75) is 33.2 Å². The number of benzene rings is 1. The van der Waals surface area contributed by atoms with E-state index in [4.69, 9.17) is 14.2 Å². The molecule has 0 radical (unpaired) electrons. The van der Waals surface area contributed by atoms with Crippen LogP contribution in [0.5, 0.6) is 11.5 Å². The van der Waals surface area contributed by atoms with Gasteiger partial charge in [0.2, 0.25) is 0 Å². The van der Waals surface area contributed by atoms with E-state index >= 15 is 0 Å². The number of guanidine groups is 1. The molecule has 158 valence electrons. The van der Waals surface area contributed by atoms with E-state index in [2.05, 4.69) is 34.4 Å². The minimum absolute atomic E-state index is 0.456. The Labute approximate surface area is 169 Å². The van der Waals surface area contributed by atoms with Crippen molar-refractivity contribution >= 4 is 11.6 Å². The van der Waals surface area contributed by atoms with Gasteiger partial charge in [-0.25, -0.2) is 0 Å². The topological polar surface area (TPSA) is 67.4 Å². The van der Waals surface area contributed by atoms with Gasteiger partial charge in [-0.1, -0.05) is 13.8 Å². The summed E-state index contributed by atoms with van der Waals surface area (Å²) in [5, 5.41) is 6.84. The maximum absolute atomic E-state index is 5.66. The lowest BCUT2D eigenvalue weighted by Gasteiger charge is -2.35. The number of nitrogens with zero attached hydrogens (tertiary/aromatic N) is 2. The average Bonchev–Trinajstić information content (AvgIpc) is 2.71. The third kappa shape index (κ3) is 6.87. The van der Waals surface area contributed by atoms with Crippen molar-refractivity contribution in [3.8, 4) is 11.5 Å². The molecule has 0 aliphatic carbocycles. The van der Waals surface area contributed by atoms with Gasteiger partial charge < -0.3 is 24.8 Å². The molecule has 1 unspecified atom stereocenters. The van der Waals surface area contributed by atoms with Crippen LogP contribution in [-0.2, 0) is 4.74 Å². The van der Waals surface area contributed by atoms with Gasteiger partial charge in [0.1, 0.15) is 0 Å². The first-order chi connectivity index (χ1) is 13.6. The SMILES string of the molecule is CCOc1cc(NC(=NC)NCC(CC(C)C)N2CCOCC2)ccc1OC. The van der Waals surface area contributed by atoms with Crippen molar-refractivity contribution in [1.82, 2.24) is 10.2 Å². The number of methoxy groups -OCH3 is 1. The van der Waals surface area contributed by atoms with Gasteiger partial charge in [-0.2, -0.15) is 0 Å². The lowest BCUT2D eigenvalue weighted by atomic mass is 10.0. The van der Waals surface area contributed by atoms with Crippen LogP contribution in [0.4, 0.5) is 5.69 Å². The summed E-state index contributed by atoms with van der Waals surface area (Å²) in [6.45, 7) is 11.5. The van der Waals surface area contributed by atoms with Gasteiger partial charge in [0, 0.05) is 44.5 Å². The number of hydrogen-bond donors (Lipinski definition) is 2. The lowest BCUT2D eigenvalue weighted by molar-refractivity contribution is 0.0133. The molecule has 0 bridgehead atoms. The summed E-state index contributed by atoms with van der Waals surface area (Å²) in [7, 11) is 3.43. The second kappa shape index (κ2) is 11.8. The van der Waals surface area contributed by atoms with E-state index in [9.17, 15) is 0 Å². The number of rotatable bonds is 9. The Kier molecular flexibility index (Phi) is 9.37. The summed E-state index contributed by atoms with van der Waals surface area (Å²) in [5.41, 5.74) is 0.907. The molecule has 1 aromatic rings. The molecule has 2 rings (SSSR count). The highest BCUT2D eigenvalue weighted by Gasteiger charge is 2.22. The highest BCUT2D eigenvalue weighted by molar-refractivity contribution is 5.93. The van der Waals surface area contributed by atoms with Crippen molar-refractivity contribution < 1.29 is 14.2 Å². The molecule has 7 nitrogen and oxygen atoms in total. The van der Waals surface area contributed by atoms with Gasteiger partial charge in [-0.15, -0.1) is 0 Å². The number of ether oxygens (including phenoxy) is 3. The van der Waals surface area contributed by atoms with Crippen molar-refractivity contribution in [2.75, 3.05) is 58.9 Å². The highest BCUT2D eigenvalue weighted by Crippen LogP contribution is 2.30. The molecule has 0 aromatic heterocycles. The summed E-state index contributed by atoms with van der Waals surface area (Å²) in [6, 6.07) is 6.25. The van der Waals surface area contributed by atoms with E-state index in [0.717, 1.165) is 62.4 Å². The summed E-state index contributed by atoms with van der Waals surface area (Å²) >= 11 is 0. The van der Waals surface area contributed by atoms with Crippen molar-refractivity contribution in [2.24, 2.45) is 10.9 Å². The molecule has 0 spiro atoms. The Hall–Kier alpha value is -1.99. The quantitative estimate of drug-likeness (QED) is 0.498. The van der Waals surface area contributed by atoms with Crippen molar-refractivity contribution in [3.05, 3.63) is 18.2 Å². The fourth-order valence-electron chi connectivity index (χ4n) is 3.40. The maximum atomic E-state index is 5.66. The molecule has 1 aliphatic heterocycles. The van der Waals surface area contributed by atoms with Crippen LogP contribution >= 0.6 is 0 Å². The Morgan fingerprint density at radius 3 is 2.61 bits per heavy atom. The molecule has 28 heavy (non-hydrogen) atoms. The number of anilines is 1. The Morgan fingerprint density at radius 2 is 2.00 bits per heavy atom. The third-order valence-electron chi connectivity index (χ3n) is 4.76. The zero-order valence-corrected chi connectivity index (χ0v) is 18.0. The fourth-order valence-corrected chi connectivity index (χ4v) is 3.40. The molecule has 0 amide bonds. The molecular weight excluding hydrogens is 356 g/mol. The Morgan fingerprint density at radius 1 is 1.25 bits per heavy atom. The number of aliphatic imine (C=N–C) groups is 1. The Balaban J connectivity index is 1.99. The van der Waals surface area contributed by atoms with Gasteiger partial charge >= 0.3 is 0 Å². The van der Waals surface area contributed by atoms with Gasteiger partial charge in [0.25, 0.3) is 0 Å². The first-order valence-corrected chi connectivity index (χ1v) is 10.2. The third-order valence-corrected chi connectivity index (χ3v) is 4.76. The molecule has 7 heteroatoms. The second-order valence-corrected chi connectivity index (χ2v) is 7.31. The summed E-state index contributed by atoms with van der Waals surface area (Å²) in [4.78, 5) is 6.90. The highest BCUT2D eigenvalue weighted by atomic mass is 16.5. The standard InChI is InChI=1S/C21H36N4O3/c1-6-28-20-14-17(7-8-19(20)26-5)24-21(22-4)23-15-18(13-16(2)3)25-9-11-27-12-10-25/h7-8,14,16,18H,6,9-13,15H2,1-5H3,(H2,22,23,24). The number of nitrogens with one attached hydrogen (secondary N) is 2. The smallest absolute Gasteiger partial charge is 0.195 e. The van der Waals surface area contributed by atoms with Crippen LogP contribution in [0.2, 0.25) is 0 Å². The first kappa shape index (κ1) is 22.3. The maximum Gasteiger partial charge on any atom is 0.195 e. The van der Waals surface area contributed by atoms with Crippen LogP contribution in [0.15, 0.2) is 23.2 Å². The zero-order valence-electron chi connectivity index (χ0n) is 18.0. The minimum atomic E-state index is 0.456. The predicted molar refractivity (Wildman–Crippen MR) is 115 cm³/mol. The van der Waals surface area contributed by atoms with E-state index in [1.54, 1.807) is 14.2 Å². The second-order valence-electron chi connectivity index (χ2n) is 7.31. The summed E-state index contributed by atoms with van der Waals surface area (Å²) in [6.07, 6.45) is 1.14. The monoisotopic (exact) mass is 392 g/mol. The van der Waals surface area contributed by atoms with E-state index in [1.807, 2.05) is 25.1 Å². The van der Waals surface area contributed by atoms with Crippen LogP contribution in [0.1, 0.15) is 27.2 Å². The van der Waals surface area contributed by atoms with Crippen LogP contribution in [0, 0.1) is 5.92 Å². The average molecular weight is 393 g/mol. The number of hydrogen-bond acceptors (Lipinski definition) is 5. The van der Waals surface area contributed by atoms with Crippen molar-refractivity contribution in [1.29, 1.82) is 0 Å². The molecule has 1 aromatic carbocycles. The van der Waals surface area contributed by atoms with Gasteiger partial charge in [0.05, 0.1) is 26.9 Å². The summed E-state index contributed by atoms with van der Waals surface area (Å²) in [5.74, 6) is 2.82. The number of morpholine rings is 1. The predicted octanol–water partition coefficient (Wildman–Crippen LogP) is 2.83. The largest absolute Gasteiger partial charge is 0.493 e. The minimum Gasteiger partial charge on any atom is -0.493 e. The molecule has 1 heterocycles. The zero-order chi connectivity index (χ0) is 20.4. The molecule has 1 fully saturated rings. The molecule has 2 N–H and O–H groups in total. The van der Waals surface area contributed by atoms with E-state index < -0.39 is 0 Å². The molecule has 1 aliphatic rings. The van der Waals surface area contributed by atoms with Crippen LogP contribution < -0.4 is 20.1 Å². The first-order valence-electron chi connectivity index (χ1n) is 10.2. The van der Waals surface area contributed by atoms with Crippen molar-refractivity contribution in [3.63, 3.8) is 0 Å². The van der Waals surface area contributed by atoms with Gasteiger partial charge in [0.15, 0.2) is 17.5 Å². The van der Waals surface area contributed by atoms with Crippen LogP contribution in [0.3, 0.4) is 0 Å². The van der Waals surface area contributed by atoms with Gasteiger partial charge in [-0.3, -0.25) is 9.89 Å². The fraction of sp³-hybridized carbons (Fsp3) is 0.667. The molecule has 1 atom stereocenters. The van der Waals surface area contributed by atoms with E-state index in [1.165, 1.54) is 0 Å². The normalized spacial score (nSPS) is 16.7.